The number of rotatable bonds is 7. The lowest BCUT2D eigenvalue weighted by molar-refractivity contribution is -0.121. The number of nitrogens with zero attached hydrogens (tertiary/aromatic N) is 2. The molecule has 2 amide bonds. The third-order valence-corrected chi connectivity index (χ3v) is 4.82. The van der Waals surface area contributed by atoms with Gasteiger partial charge >= 0.3 is 0 Å². The summed E-state index contributed by atoms with van der Waals surface area (Å²) >= 11 is 0. The van der Waals surface area contributed by atoms with Gasteiger partial charge in [-0.3, -0.25) is 14.2 Å². The van der Waals surface area contributed by atoms with Crippen molar-refractivity contribution in [3.05, 3.63) is 70.7 Å². The molecule has 0 fully saturated rings. The van der Waals surface area contributed by atoms with Gasteiger partial charge in [0.05, 0.1) is 6.54 Å². The van der Waals surface area contributed by atoms with Crippen LogP contribution >= 0.6 is 0 Å². The average Bonchev–Trinajstić information content (AvgIpc) is 3.27. The van der Waals surface area contributed by atoms with E-state index in [1.165, 1.54) is 6.08 Å². The minimum absolute atomic E-state index is 0.0987. The Morgan fingerprint density at radius 3 is 2.63 bits per heavy atom. The summed E-state index contributed by atoms with van der Waals surface area (Å²) in [4.78, 5) is 24.3. The van der Waals surface area contributed by atoms with Gasteiger partial charge in [-0.2, -0.15) is 0 Å². The normalized spacial score (nSPS) is 11.1. The van der Waals surface area contributed by atoms with Crippen LogP contribution in [0.3, 0.4) is 0 Å². The minimum Gasteiger partial charge on any atom is -0.360 e. The molecule has 156 valence electrons. The lowest BCUT2D eigenvalue weighted by Gasteiger charge is -2.09. The van der Waals surface area contributed by atoms with Gasteiger partial charge in [0.2, 0.25) is 11.8 Å². The second-order valence-corrected chi connectivity index (χ2v) is 7.07. The molecule has 0 saturated heterocycles. The maximum atomic E-state index is 12.2. The fourth-order valence-electron chi connectivity index (χ4n) is 3.30. The Balaban J connectivity index is 1.59. The molecule has 0 unspecified atom stereocenters. The molecule has 3 aromatic rings. The molecule has 0 saturated carbocycles. The minimum atomic E-state index is -0.337. The molecule has 0 bridgehead atoms. The number of hydrogen-bond donors (Lipinski definition) is 2. The fourth-order valence-corrected chi connectivity index (χ4v) is 3.30. The van der Waals surface area contributed by atoms with E-state index in [4.69, 9.17) is 4.52 Å². The van der Waals surface area contributed by atoms with Crippen molar-refractivity contribution in [2.24, 2.45) is 0 Å². The van der Waals surface area contributed by atoms with Crippen LogP contribution < -0.4 is 10.6 Å². The molecule has 0 atom stereocenters. The van der Waals surface area contributed by atoms with E-state index in [0.717, 1.165) is 40.4 Å². The van der Waals surface area contributed by atoms with Gasteiger partial charge in [-0.1, -0.05) is 30.3 Å². The highest BCUT2D eigenvalue weighted by Gasteiger charge is 2.12. The summed E-state index contributed by atoms with van der Waals surface area (Å²) < 4.78 is 7.12. The van der Waals surface area contributed by atoms with Crippen LogP contribution in [0.2, 0.25) is 0 Å². The van der Waals surface area contributed by atoms with Crippen LogP contribution in [-0.2, 0) is 16.0 Å². The van der Waals surface area contributed by atoms with Crippen LogP contribution in [-0.4, -0.2) is 28.1 Å². The van der Waals surface area contributed by atoms with Gasteiger partial charge in [-0.25, -0.2) is 0 Å². The molecule has 0 aliphatic rings. The second-order valence-electron chi connectivity index (χ2n) is 7.07. The number of amides is 2. The quantitative estimate of drug-likeness (QED) is 0.585. The summed E-state index contributed by atoms with van der Waals surface area (Å²) in [6.07, 6.45) is 3.97. The van der Waals surface area contributed by atoms with E-state index in [-0.39, 0.29) is 18.4 Å². The van der Waals surface area contributed by atoms with Crippen LogP contribution in [0.5, 0.6) is 0 Å². The summed E-state index contributed by atoms with van der Waals surface area (Å²) in [5, 5.41) is 9.50. The van der Waals surface area contributed by atoms with E-state index in [9.17, 15) is 9.59 Å². The zero-order valence-electron chi connectivity index (χ0n) is 17.7. The first-order valence-electron chi connectivity index (χ1n) is 9.85. The van der Waals surface area contributed by atoms with E-state index in [1.807, 2.05) is 68.7 Å². The molecule has 2 N–H and O–H groups in total. The summed E-state index contributed by atoms with van der Waals surface area (Å²) in [5.41, 5.74) is 4.64. The van der Waals surface area contributed by atoms with Crippen LogP contribution in [0.4, 0.5) is 5.69 Å². The predicted molar refractivity (Wildman–Crippen MR) is 117 cm³/mol. The molecule has 2 aromatic heterocycles. The first kappa shape index (κ1) is 21.1. The van der Waals surface area contributed by atoms with Crippen molar-refractivity contribution < 1.29 is 14.1 Å². The van der Waals surface area contributed by atoms with Gasteiger partial charge in [-0.15, -0.1) is 0 Å². The van der Waals surface area contributed by atoms with Crippen molar-refractivity contribution in [3.8, 4) is 5.82 Å². The Kier molecular flexibility index (Phi) is 6.51. The molecule has 30 heavy (non-hydrogen) atoms. The number of carbonyl (C=O) groups is 2. The molecule has 7 heteroatoms. The van der Waals surface area contributed by atoms with E-state index in [2.05, 4.69) is 15.8 Å². The number of anilines is 1. The van der Waals surface area contributed by atoms with Gasteiger partial charge in [0, 0.05) is 29.2 Å². The summed E-state index contributed by atoms with van der Waals surface area (Å²) in [5.74, 6) is 0.831. The highest BCUT2D eigenvalue weighted by atomic mass is 16.5. The van der Waals surface area contributed by atoms with Gasteiger partial charge in [0.15, 0.2) is 5.82 Å². The lowest BCUT2D eigenvalue weighted by atomic mass is 10.1. The molecule has 0 aliphatic heterocycles. The Morgan fingerprint density at radius 1 is 1.17 bits per heavy atom. The number of carbonyl (C=O) groups excluding carboxylic acids is 2. The SMILES string of the molecule is CCc1ccccc1NC(=O)CNC(=O)/C=C/c1cc(C)n(-c2cc(C)on2)c1C. The van der Waals surface area contributed by atoms with Crippen molar-refractivity contribution in [2.45, 2.75) is 34.1 Å². The Labute approximate surface area is 175 Å². The van der Waals surface area contributed by atoms with Gasteiger partial charge in [0.25, 0.3) is 0 Å². The van der Waals surface area contributed by atoms with E-state index >= 15 is 0 Å². The van der Waals surface area contributed by atoms with Crippen molar-refractivity contribution in [1.29, 1.82) is 0 Å². The number of aryl methyl sites for hydroxylation is 3. The third-order valence-electron chi connectivity index (χ3n) is 4.82. The molecule has 1 aromatic carbocycles. The maximum Gasteiger partial charge on any atom is 0.244 e. The smallest absolute Gasteiger partial charge is 0.244 e. The van der Waals surface area contributed by atoms with Crippen molar-refractivity contribution in [2.75, 3.05) is 11.9 Å². The second kappa shape index (κ2) is 9.26. The van der Waals surface area contributed by atoms with E-state index in [0.29, 0.717) is 5.82 Å². The highest BCUT2D eigenvalue weighted by Crippen LogP contribution is 2.21. The molecule has 0 aliphatic carbocycles. The van der Waals surface area contributed by atoms with Crippen LogP contribution in [0, 0.1) is 20.8 Å². The predicted octanol–water partition coefficient (Wildman–Crippen LogP) is 3.72. The number of benzene rings is 1. The zero-order valence-corrected chi connectivity index (χ0v) is 17.7. The average molecular weight is 406 g/mol. The third kappa shape index (κ3) is 4.86. The largest absolute Gasteiger partial charge is 0.360 e. The number of aromatic nitrogens is 2. The molecule has 0 spiro atoms. The molecule has 3 rings (SSSR count). The fraction of sp³-hybridized carbons (Fsp3) is 0.261. The Morgan fingerprint density at radius 2 is 1.93 bits per heavy atom. The summed E-state index contributed by atoms with van der Waals surface area (Å²) in [6, 6.07) is 11.4. The summed E-state index contributed by atoms with van der Waals surface area (Å²) in [7, 11) is 0. The van der Waals surface area contributed by atoms with Crippen LogP contribution in [0.1, 0.15) is 35.2 Å². The van der Waals surface area contributed by atoms with Crippen LogP contribution in [0.15, 0.2) is 47.0 Å². The standard InChI is InChI=1S/C23H26N4O3/c1-5-18-8-6-7-9-20(18)25-23(29)14-24-22(28)11-10-19-12-15(2)27(17(19)4)21-13-16(3)30-26-21/h6-13H,5,14H2,1-4H3,(H,24,28)(H,25,29)/b11-10+. The molecule has 2 heterocycles. The van der Waals surface area contributed by atoms with E-state index in [1.54, 1.807) is 6.08 Å². The van der Waals surface area contributed by atoms with Crippen molar-refractivity contribution in [1.82, 2.24) is 15.0 Å². The van der Waals surface area contributed by atoms with Gasteiger partial charge in [-0.05, 0) is 56.5 Å². The number of para-hydroxylation sites is 1. The Bertz CT molecular complexity index is 1090. The van der Waals surface area contributed by atoms with E-state index < -0.39 is 0 Å². The molecular weight excluding hydrogens is 380 g/mol. The molecular formula is C23H26N4O3. The van der Waals surface area contributed by atoms with Crippen molar-refractivity contribution >= 4 is 23.6 Å². The number of nitrogens with one attached hydrogen (secondary N) is 2. The summed E-state index contributed by atoms with van der Waals surface area (Å²) in [6.45, 7) is 7.68. The first-order valence-corrected chi connectivity index (χ1v) is 9.85. The molecule has 0 radical (unpaired) electrons. The van der Waals surface area contributed by atoms with Crippen LogP contribution in [0.25, 0.3) is 11.9 Å². The molecule has 7 nitrogen and oxygen atoms in total. The topological polar surface area (TPSA) is 89.2 Å². The first-order chi connectivity index (χ1) is 14.4. The van der Waals surface area contributed by atoms with Gasteiger partial charge < -0.3 is 15.2 Å². The maximum absolute atomic E-state index is 12.2. The monoisotopic (exact) mass is 406 g/mol. The zero-order chi connectivity index (χ0) is 21.7. The lowest BCUT2D eigenvalue weighted by Crippen LogP contribution is -2.31. The Hall–Kier alpha value is -3.61. The van der Waals surface area contributed by atoms with Crippen molar-refractivity contribution in [3.63, 3.8) is 0 Å². The number of hydrogen-bond acceptors (Lipinski definition) is 4. The van der Waals surface area contributed by atoms with Gasteiger partial charge in [0.1, 0.15) is 5.76 Å². The highest BCUT2D eigenvalue weighted by molar-refractivity contribution is 5.98.